The Morgan fingerprint density at radius 2 is 1.74 bits per heavy atom. The quantitative estimate of drug-likeness (QED) is 0.278. The summed E-state index contributed by atoms with van der Waals surface area (Å²) in [6.07, 6.45) is 1.45. The topological polar surface area (TPSA) is 108 Å². The first-order valence-corrected chi connectivity index (χ1v) is 11.1. The molecule has 2 heterocycles. The van der Waals surface area contributed by atoms with Crippen LogP contribution in [0.25, 0.3) is 10.8 Å². The number of anilines is 4. The molecule has 3 aromatic carbocycles. The number of fused-ring (bicyclic) bond motifs is 1. The maximum atomic E-state index is 9.98. The average molecular weight is 476 g/mol. The third-order valence-corrected chi connectivity index (χ3v) is 5.52. The smallest absolute Gasteiger partial charge is 0.250 e. The zero-order valence-electron chi connectivity index (χ0n) is 18.1. The summed E-state index contributed by atoms with van der Waals surface area (Å²) in [7, 11) is 0. The maximum absolute atomic E-state index is 9.98. The van der Waals surface area contributed by atoms with Crippen molar-refractivity contribution in [3.05, 3.63) is 71.2 Å². The molecular weight excluding hydrogens is 454 g/mol. The molecule has 0 spiro atoms. The number of phenols is 1. The molecule has 4 aromatic rings. The zero-order valence-corrected chi connectivity index (χ0v) is 18.9. The van der Waals surface area contributed by atoms with Gasteiger partial charge in [-0.25, -0.2) is 5.43 Å². The summed E-state index contributed by atoms with van der Waals surface area (Å²) in [5.74, 6) is 1.23. The van der Waals surface area contributed by atoms with E-state index in [1.807, 2.05) is 35.2 Å². The predicted molar refractivity (Wildman–Crippen MR) is 134 cm³/mol. The van der Waals surface area contributed by atoms with Gasteiger partial charge in [0, 0.05) is 29.4 Å². The molecule has 0 saturated carbocycles. The minimum absolute atomic E-state index is 0.0678. The van der Waals surface area contributed by atoms with Gasteiger partial charge >= 0.3 is 0 Å². The molecule has 10 heteroatoms. The number of nitrogens with one attached hydrogen (secondary N) is 2. The van der Waals surface area contributed by atoms with E-state index in [-0.39, 0.29) is 11.7 Å². The number of morpholine rings is 1. The lowest BCUT2D eigenvalue weighted by Gasteiger charge is -2.27. The van der Waals surface area contributed by atoms with Gasteiger partial charge in [0.25, 0.3) is 0 Å². The molecule has 0 atom stereocenters. The van der Waals surface area contributed by atoms with Crippen molar-refractivity contribution in [3.63, 3.8) is 0 Å². The average Bonchev–Trinajstić information content (AvgIpc) is 2.86. The molecule has 3 N–H and O–H groups in total. The molecule has 34 heavy (non-hydrogen) atoms. The summed E-state index contributed by atoms with van der Waals surface area (Å²) in [5, 5.41) is 20.2. The summed E-state index contributed by atoms with van der Waals surface area (Å²) in [6, 6.07) is 18.9. The molecule has 0 amide bonds. The highest BCUT2D eigenvalue weighted by Gasteiger charge is 2.17. The molecule has 0 unspecified atom stereocenters. The number of hydrogen-bond donors (Lipinski definition) is 3. The van der Waals surface area contributed by atoms with Gasteiger partial charge in [-0.1, -0.05) is 41.9 Å². The summed E-state index contributed by atoms with van der Waals surface area (Å²) in [4.78, 5) is 15.6. The highest BCUT2D eigenvalue weighted by Crippen LogP contribution is 2.23. The van der Waals surface area contributed by atoms with Crippen molar-refractivity contribution in [2.24, 2.45) is 5.10 Å². The first-order valence-electron chi connectivity index (χ1n) is 10.8. The molecule has 0 radical (unpaired) electrons. The van der Waals surface area contributed by atoms with Crippen LogP contribution in [-0.4, -0.2) is 52.6 Å². The number of nitrogens with zero attached hydrogens (tertiary/aromatic N) is 5. The number of aromatic nitrogens is 3. The van der Waals surface area contributed by atoms with Crippen molar-refractivity contribution >= 4 is 52.1 Å². The van der Waals surface area contributed by atoms with Crippen molar-refractivity contribution in [1.82, 2.24) is 15.0 Å². The standard InChI is InChI=1S/C24H22ClN7O2/c25-19-6-8-21(33)18(13-19)15-26-31-23-28-22(29-24(30-23)32-9-11-34-12-10-32)27-20-7-5-16-3-1-2-4-17(16)14-20/h1-8,13-15,33H,9-12H2,(H2,27,28,29,30,31). The Bertz CT molecular complexity index is 1340. The first kappa shape index (κ1) is 21.9. The highest BCUT2D eigenvalue weighted by molar-refractivity contribution is 6.30. The molecule has 1 fully saturated rings. The van der Waals surface area contributed by atoms with Gasteiger partial charge in [0.1, 0.15) is 5.75 Å². The summed E-state index contributed by atoms with van der Waals surface area (Å²) in [6.45, 7) is 2.57. The van der Waals surface area contributed by atoms with Gasteiger partial charge in [0.15, 0.2) is 0 Å². The number of phenolic OH excluding ortho intramolecular Hbond substituents is 1. The van der Waals surface area contributed by atoms with Gasteiger partial charge < -0.3 is 20.1 Å². The molecule has 9 nitrogen and oxygen atoms in total. The number of aromatic hydroxyl groups is 1. The zero-order chi connectivity index (χ0) is 23.3. The molecule has 1 aromatic heterocycles. The maximum Gasteiger partial charge on any atom is 0.250 e. The first-order chi connectivity index (χ1) is 16.6. The number of ether oxygens (including phenoxy) is 1. The van der Waals surface area contributed by atoms with Crippen LogP contribution in [0.1, 0.15) is 5.56 Å². The second-order valence-corrected chi connectivity index (χ2v) is 8.08. The molecule has 5 rings (SSSR count). The largest absolute Gasteiger partial charge is 0.507 e. The van der Waals surface area contributed by atoms with E-state index in [0.717, 1.165) is 16.5 Å². The molecule has 0 aliphatic carbocycles. The number of hydrogen-bond acceptors (Lipinski definition) is 9. The lowest BCUT2D eigenvalue weighted by atomic mass is 10.1. The van der Waals surface area contributed by atoms with E-state index < -0.39 is 0 Å². The molecule has 1 aliphatic rings. The van der Waals surface area contributed by atoms with Crippen LogP contribution in [-0.2, 0) is 4.74 Å². The predicted octanol–water partition coefficient (Wildman–Crippen LogP) is 4.41. The minimum Gasteiger partial charge on any atom is -0.507 e. The number of halogens is 1. The van der Waals surface area contributed by atoms with E-state index in [1.54, 1.807) is 12.1 Å². The van der Waals surface area contributed by atoms with E-state index in [0.29, 0.717) is 48.8 Å². The Morgan fingerprint density at radius 1 is 0.941 bits per heavy atom. The summed E-state index contributed by atoms with van der Waals surface area (Å²) < 4.78 is 5.45. The van der Waals surface area contributed by atoms with E-state index >= 15 is 0 Å². The third-order valence-electron chi connectivity index (χ3n) is 5.28. The number of rotatable bonds is 6. The second kappa shape index (κ2) is 9.90. The van der Waals surface area contributed by atoms with Gasteiger partial charge in [0.2, 0.25) is 17.8 Å². The Balaban J connectivity index is 1.42. The van der Waals surface area contributed by atoms with Crippen LogP contribution >= 0.6 is 11.6 Å². The molecule has 172 valence electrons. The van der Waals surface area contributed by atoms with E-state index in [4.69, 9.17) is 16.3 Å². The molecule has 1 saturated heterocycles. The fourth-order valence-corrected chi connectivity index (χ4v) is 3.74. The van der Waals surface area contributed by atoms with E-state index in [2.05, 4.69) is 42.9 Å². The molecular formula is C24H22ClN7O2. The van der Waals surface area contributed by atoms with Crippen molar-refractivity contribution < 1.29 is 9.84 Å². The Labute approximate surface area is 201 Å². The van der Waals surface area contributed by atoms with Crippen molar-refractivity contribution in [2.75, 3.05) is 41.9 Å². The Hall–Kier alpha value is -3.95. The lowest BCUT2D eigenvalue weighted by molar-refractivity contribution is 0.122. The lowest BCUT2D eigenvalue weighted by Crippen LogP contribution is -2.37. The van der Waals surface area contributed by atoms with Crippen molar-refractivity contribution in [2.45, 2.75) is 0 Å². The van der Waals surface area contributed by atoms with Crippen LogP contribution in [0.15, 0.2) is 65.8 Å². The van der Waals surface area contributed by atoms with Crippen LogP contribution < -0.4 is 15.6 Å². The molecule has 1 aliphatic heterocycles. The van der Waals surface area contributed by atoms with Crippen LogP contribution in [0.4, 0.5) is 23.5 Å². The van der Waals surface area contributed by atoms with E-state index in [1.165, 1.54) is 12.3 Å². The second-order valence-electron chi connectivity index (χ2n) is 7.64. The van der Waals surface area contributed by atoms with Crippen LogP contribution in [0.5, 0.6) is 5.75 Å². The van der Waals surface area contributed by atoms with Gasteiger partial charge in [-0.05, 0) is 41.1 Å². The van der Waals surface area contributed by atoms with Gasteiger partial charge in [-0.2, -0.15) is 20.1 Å². The van der Waals surface area contributed by atoms with Gasteiger partial charge in [-0.15, -0.1) is 0 Å². The van der Waals surface area contributed by atoms with Gasteiger partial charge in [-0.3, -0.25) is 0 Å². The SMILES string of the molecule is Oc1ccc(Cl)cc1C=NNc1nc(Nc2ccc3ccccc3c2)nc(N2CCOCC2)n1. The minimum atomic E-state index is 0.0678. The Kier molecular flexibility index (Phi) is 6.37. The normalized spacial score (nSPS) is 14.0. The molecule has 0 bridgehead atoms. The van der Waals surface area contributed by atoms with Crippen LogP contribution in [0.3, 0.4) is 0 Å². The van der Waals surface area contributed by atoms with E-state index in [9.17, 15) is 5.11 Å². The monoisotopic (exact) mass is 475 g/mol. The van der Waals surface area contributed by atoms with Gasteiger partial charge in [0.05, 0.1) is 19.4 Å². The van der Waals surface area contributed by atoms with Crippen LogP contribution in [0, 0.1) is 0 Å². The fourth-order valence-electron chi connectivity index (χ4n) is 3.56. The van der Waals surface area contributed by atoms with Crippen molar-refractivity contribution in [1.29, 1.82) is 0 Å². The number of benzene rings is 3. The highest BCUT2D eigenvalue weighted by atomic mass is 35.5. The Morgan fingerprint density at radius 3 is 2.59 bits per heavy atom. The fraction of sp³-hybridized carbons (Fsp3) is 0.167. The third kappa shape index (κ3) is 5.16. The van der Waals surface area contributed by atoms with Crippen LogP contribution in [0.2, 0.25) is 5.02 Å². The summed E-state index contributed by atoms with van der Waals surface area (Å²) in [5.41, 5.74) is 4.16. The number of hydrazone groups is 1. The van der Waals surface area contributed by atoms with Crippen molar-refractivity contribution in [3.8, 4) is 5.75 Å². The summed E-state index contributed by atoms with van der Waals surface area (Å²) >= 11 is 6.00.